The SMILES string of the molecule is CO[C@H]1O[C@H](CO)[C@@H](O)[C@H](O)[C@H]1OS(=O)(=O)[O-].[Na+]. The van der Waals surface area contributed by atoms with Gasteiger partial charge in [-0.3, -0.25) is 4.18 Å². The maximum atomic E-state index is 10.4. The molecule has 1 saturated heterocycles. The summed E-state index contributed by atoms with van der Waals surface area (Å²) >= 11 is 0. The number of aliphatic hydroxyl groups excluding tert-OH is 3. The molecule has 0 bridgehead atoms. The second kappa shape index (κ2) is 7.45. The molecule has 1 rings (SSSR count). The molecule has 1 fully saturated rings. The standard InChI is InChI=1S/C7H14O9S.Na/c1-14-7-6(16-17(11,12)13)5(10)4(9)3(2-8)15-7;/h3-10H,2H2,1H3,(H,11,12,13);/q;+1/p-1/t3-,4-,5+,6-,7+;/m1./s1. The van der Waals surface area contributed by atoms with Gasteiger partial charge in [0.25, 0.3) is 0 Å². The van der Waals surface area contributed by atoms with E-state index in [4.69, 9.17) is 9.84 Å². The van der Waals surface area contributed by atoms with Gasteiger partial charge in [-0.05, 0) is 0 Å². The van der Waals surface area contributed by atoms with E-state index in [2.05, 4.69) is 8.92 Å². The molecule has 0 spiro atoms. The summed E-state index contributed by atoms with van der Waals surface area (Å²) in [5.41, 5.74) is 0. The molecule has 0 aromatic heterocycles. The van der Waals surface area contributed by atoms with Crippen molar-refractivity contribution in [2.75, 3.05) is 13.7 Å². The van der Waals surface area contributed by atoms with E-state index in [1.807, 2.05) is 0 Å². The van der Waals surface area contributed by atoms with Gasteiger partial charge < -0.3 is 29.3 Å². The van der Waals surface area contributed by atoms with Crippen LogP contribution >= 0.6 is 0 Å². The first-order chi connectivity index (χ1) is 7.80. The van der Waals surface area contributed by atoms with Crippen LogP contribution in [0, 0.1) is 0 Å². The Morgan fingerprint density at radius 1 is 1.33 bits per heavy atom. The molecule has 18 heavy (non-hydrogen) atoms. The van der Waals surface area contributed by atoms with Crippen LogP contribution in [0.15, 0.2) is 0 Å². The first-order valence-electron chi connectivity index (χ1n) is 4.59. The van der Waals surface area contributed by atoms with Crippen molar-refractivity contribution < 1.29 is 71.5 Å². The van der Waals surface area contributed by atoms with Crippen molar-refractivity contribution >= 4 is 10.4 Å². The van der Waals surface area contributed by atoms with Crippen molar-refractivity contribution in [2.45, 2.75) is 30.7 Å². The summed E-state index contributed by atoms with van der Waals surface area (Å²) in [6.07, 6.45) is -7.59. The second-order valence-corrected chi connectivity index (χ2v) is 4.42. The van der Waals surface area contributed by atoms with E-state index in [-0.39, 0.29) is 29.6 Å². The zero-order valence-corrected chi connectivity index (χ0v) is 12.6. The average Bonchev–Trinajstić information content (AvgIpc) is 2.24. The third-order valence-corrected chi connectivity index (χ3v) is 2.74. The summed E-state index contributed by atoms with van der Waals surface area (Å²) in [6.45, 7) is -0.616. The molecule has 9 nitrogen and oxygen atoms in total. The van der Waals surface area contributed by atoms with Gasteiger partial charge in [0.05, 0.1) is 6.61 Å². The Balaban J connectivity index is 0.00000289. The van der Waals surface area contributed by atoms with Gasteiger partial charge in [-0.25, -0.2) is 8.42 Å². The van der Waals surface area contributed by atoms with Crippen molar-refractivity contribution in [3.05, 3.63) is 0 Å². The summed E-state index contributed by atoms with van der Waals surface area (Å²) in [7, 11) is -3.97. The second-order valence-electron chi connectivity index (χ2n) is 3.41. The fraction of sp³-hybridized carbons (Fsp3) is 1.00. The van der Waals surface area contributed by atoms with Crippen LogP contribution in [0.1, 0.15) is 0 Å². The zero-order chi connectivity index (χ0) is 13.2. The van der Waals surface area contributed by atoms with E-state index in [1.165, 1.54) is 0 Å². The molecule has 1 aliphatic rings. The molecule has 0 amide bonds. The van der Waals surface area contributed by atoms with Gasteiger partial charge in [0, 0.05) is 7.11 Å². The summed E-state index contributed by atoms with van der Waals surface area (Å²) < 4.78 is 44.9. The number of ether oxygens (including phenoxy) is 2. The minimum Gasteiger partial charge on any atom is -0.726 e. The third-order valence-electron chi connectivity index (χ3n) is 2.29. The Labute approximate surface area is 126 Å². The van der Waals surface area contributed by atoms with Gasteiger partial charge >= 0.3 is 29.6 Å². The van der Waals surface area contributed by atoms with Gasteiger partial charge in [-0.15, -0.1) is 0 Å². The Bertz CT molecular complexity index is 345. The molecule has 3 N–H and O–H groups in total. The van der Waals surface area contributed by atoms with Crippen molar-refractivity contribution in [3.8, 4) is 0 Å². The minimum atomic E-state index is -5.09. The molecular weight excluding hydrogens is 283 g/mol. The molecule has 1 heterocycles. The Kier molecular flexibility index (Phi) is 7.73. The van der Waals surface area contributed by atoms with Crippen molar-refractivity contribution in [3.63, 3.8) is 0 Å². The van der Waals surface area contributed by atoms with Crippen LogP contribution in [0.2, 0.25) is 0 Å². The Morgan fingerprint density at radius 3 is 2.28 bits per heavy atom. The van der Waals surface area contributed by atoms with E-state index in [0.29, 0.717) is 0 Å². The van der Waals surface area contributed by atoms with Crippen LogP contribution in [0.4, 0.5) is 0 Å². The van der Waals surface area contributed by atoms with Gasteiger partial charge in [-0.1, -0.05) is 0 Å². The monoisotopic (exact) mass is 296 g/mol. The van der Waals surface area contributed by atoms with Crippen molar-refractivity contribution in [1.82, 2.24) is 0 Å². The quantitative estimate of drug-likeness (QED) is 0.262. The number of hydrogen-bond acceptors (Lipinski definition) is 9. The summed E-state index contributed by atoms with van der Waals surface area (Å²) in [5, 5.41) is 27.8. The average molecular weight is 296 g/mol. The molecule has 0 aliphatic carbocycles. The largest absolute Gasteiger partial charge is 1.00 e. The summed E-state index contributed by atoms with van der Waals surface area (Å²) in [5.74, 6) is 0. The molecule has 0 radical (unpaired) electrons. The van der Waals surface area contributed by atoms with Crippen LogP contribution in [-0.2, 0) is 24.1 Å². The molecular formula is C7H13NaO9S. The van der Waals surface area contributed by atoms with Gasteiger partial charge in [0.1, 0.15) is 18.3 Å². The maximum Gasteiger partial charge on any atom is 1.00 e. The van der Waals surface area contributed by atoms with Crippen molar-refractivity contribution in [2.24, 2.45) is 0 Å². The first kappa shape index (κ1) is 18.7. The Morgan fingerprint density at radius 2 is 1.89 bits per heavy atom. The van der Waals surface area contributed by atoms with E-state index >= 15 is 0 Å². The Hall–Kier alpha value is 0.670. The van der Waals surface area contributed by atoms with E-state index in [1.54, 1.807) is 0 Å². The maximum absolute atomic E-state index is 10.4. The van der Waals surface area contributed by atoms with E-state index in [9.17, 15) is 23.2 Å². The predicted octanol–water partition coefficient (Wildman–Crippen LogP) is -6.08. The third kappa shape index (κ3) is 4.65. The summed E-state index contributed by atoms with van der Waals surface area (Å²) in [4.78, 5) is 0. The van der Waals surface area contributed by atoms with Crippen LogP contribution < -0.4 is 29.6 Å². The molecule has 102 valence electrons. The molecule has 0 saturated carbocycles. The number of hydrogen-bond donors (Lipinski definition) is 3. The molecule has 0 aromatic rings. The van der Waals surface area contributed by atoms with Crippen LogP contribution in [0.3, 0.4) is 0 Å². The predicted molar refractivity (Wildman–Crippen MR) is 49.3 cm³/mol. The zero-order valence-electron chi connectivity index (χ0n) is 9.79. The smallest absolute Gasteiger partial charge is 0.726 e. The van der Waals surface area contributed by atoms with Crippen LogP contribution in [-0.4, -0.2) is 72.7 Å². The normalized spacial score (nSPS) is 37.1. The molecule has 1 aliphatic heterocycles. The van der Waals surface area contributed by atoms with Gasteiger partial charge in [0.2, 0.25) is 10.4 Å². The first-order valence-corrected chi connectivity index (χ1v) is 5.93. The van der Waals surface area contributed by atoms with E-state index in [0.717, 1.165) is 7.11 Å². The van der Waals surface area contributed by atoms with Crippen molar-refractivity contribution in [1.29, 1.82) is 0 Å². The molecule has 5 atom stereocenters. The molecule has 0 aromatic carbocycles. The number of aliphatic hydroxyl groups is 3. The number of rotatable bonds is 4. The van der Waals surface area contributed by atoms with Crippen LogP contribution in [0.5, 0.6) is 0 Å². The molecule has 11 heteroatoms. The van der Waals surface area contributed by atoms with Crippen LogP contribution in [0.25, 0.3) is 0 Å². The van der Waals surface area contributed by atoms with Gasteiger partial charge in [0.15, 0.2) is 12.4 Å². The minimum absolute atomic E-state index is 0. The fourth-order valence-corrected chi connectivity index (χ4v) is 1.96. The fourth-order valence-electron chi connectivity index (χ4n) is 1.48. The molecule has 0 unspecified atom stereocenters. The summed E-state index contributed by atoms with van der Waals surface area (Å²) in [6, 6.07) is 0. The number of methoxy groups -OCH3 is 1. The van der Waals surface area contributed by atoms with E-state index < -0.39 is 47.7 Å². The topological polar surface area (TPSA) is 146 Å². The van der Waals surface area contributed by atoms with Gasteiger partial charge in [-0.2, -0.15) is 0 Å².